The van der Waals surface area contributed by atoms with Crippen molar-refractivity contribution in [2.24, 2.45) is 0 Å². The van der Waals surface area contributed by atoms with Crippen molar-refractivity contribution in [1.82, 2.24) is 4.57 Å². The second-order valence-electron chi connectivity index (χ2n) is 11.9. The van der Waals surface area contributed by atoms with Crippen LogP contribution in [0.2, 0.25) is 0 Å². The maximum absolute atomic E-state index is 10.1. The third kappa shape index (κ3) is 5.19. The molecule has 0 saturated heterocycles. The average Bonchev–Trinajstić information content (AvgIpc) is 3.51. The first-order valence-electron chi connectivity index (χ1n) is 15.9. The summed E-state index contributed by atoms with van der Waals surface area (Å²) in [5.74, 6) is 0. The van der Waals surface area contributed by atoms with Crippen LogP contribution >= 0.6 is 0 Å². The smallest absolute Gasteiger partial charge is 0.213 e. The Morgan fingerprint density at radius 2 is 0.980 bits per heavy atom. The van der Waals surface area contributed by atoms with Crippen LogP contribution in [0.15, 0.2) is 158 Å². The summed E-state index contributed by atoms with van der Waals surface area (Å²) in [5.41, 5.74) is 12.2. The van der Waals surface area contributed by atoms with Gasteiger partial charge in [-0.05, 0) is 99.1 Å². The van der Waals surface area contributed by atoms with Crippen LogP contribution < -0.4 is 0 Å². The van der Waals surface area contributed by atoms with E-state index in [-0.39, 0.29) is 11.3 Å². The summed E-state index contributed by atoms with van der Waals surface area (Å²) in [6.45, 7) is 7.90. The lowest BCUT2D eigenvalue weighted by molar-refractivity contribution is 1.17. The lowest BCUT2D eigenvalue weighted by Gasteiger charge is -2.13. The average molecular weight is 623 g/mol. The number of rotatable bonds is 5. The Morgan fingerprint density at radius 3 is 1.61 bits per heavy atom. The van der Waals surface area contributed by atoms with Gasteiger partial charge in [0.25, 0.3) is 0 Å². The highest BCUT2D eigenvalue weighted by Crippen LogP contribution is 2.40. The molecule has 0 aliphatic rings. The molecule has 0 atom stereocenters. The fourth-order valence-electron chi connectivity index (χ4n) is 6.75. The second kappa shape index (κ2) is 12.2. The molecule has 0 N–H and O–H groups in total. The lowest BCUT2D eigenvalue weighted by Crippen LogP contribution is -1.99. The Bertz CT molecular complexity index is 2590. The molecule has 1 aromatic heterocycles. The summed E-state index contributed by atoms with van der Waals surface area (Å²) < 4.78 is 1.98. The summed E-state index contributed by atoms with van der Waals surface area (Å²) >= 11 is 0. The van der Waals surface area contributed by atoms with Gasteiger partial charge < -0.3 is 4.57 Å². The zero-order chi connectivity index (χ0) is 33.3. The molecule has 0 unspecified atom stereocenters. The van der Waals surface area contributed by atoms with Gasteiger partial charge >= 0.3 is 0 Å². The first-order valence-corrected chi connectivity index (χ1v) is 15.9. The van der Waals surface area contributed by atoms with Gasteiger partial charge in [-0.15, -0.1) is 0 Å². The van der Waals surface area contributed by atoms with Crippen molar-refractivity contribution < 1.29 is 0 Å². The minimum Gasteiger partial charge on any atom is -0.318 e. The van der Waals surface area contributed by atoms with Gasteiger partial charge in [0.2, 0.25) is 5.69 Å². The van der Waals surface area contributed by atoms with E-state index in [9.17, 15) is 10.5 Å². The SMILES string of the molecule is [C-]#[N+]c1cc(C#N)cc(C#N)c1-n1c2ccccc2c2cc(-c3cccc(-c4cc(-c5ccccc5)cc(-c5ccccc5)c4)c3)ccc21. The number of nitriles is 2. The van der Waals surface area contributed by atoms with Crippen LogP contribution in [0, 0.1) is 29.2 Å². The molecule has 0 fully saturated rings. The van der Waals surface area contributed by atoms with E-state index < -0.39 is 0 Å². The largest absolute Gasteiger partial charge is 0.318 e. The molecule has 0 radical (unpaired) electrons. The molecule has 8 aromatic rings. The zero-order valence-electron chi connectivity index (χ0n) is 26.3. The number of hydrogen-bond donors (Lipinski definition) is 0. The van der Waals surface area contributed by atoms with Crippen molar-refractivity contribution >= 4 is 27.5 Å². The quantitative estimate of drug-likeness (QED) is 0.179. The molecule has 4 heteroatoms. The van der Waals surface area contributed by atoms with Gasteiger partial charge in [-0.3, -0.25) is 0 Å². The monoisotopic (exact) mass is 622 g/mol. The van der Waals surface area contributed by atoms with Gasteiger partial charge in [-0.1, -0.05) is 103 Å². The van der Waals surface area contributed by atoms with Crippen LogP contribution in [0.3, 0.4) is 0 Å². The minimum atomic E-state index is 0.266. The predicted octanol–water partition coefficient (Wildman–Crippen LogP) is 11.7. The molecule has 49 heavy (non-hydrogen) atoms. The van der Waals surface area contributed by atoms with Crippen LogP contribution in [0.5, 0.6) is 0 Å². The molecule has 0 spiro atoms. The van der Waals surface area contributed by atoms with Gasteiger partial charge in [-0.2, -0.15) is 10.5 Å². The summed E-state index contributed by atoms with van der Waals surface area (Å²) in [6.07, 6.45) is 0. The van der Waals surface area contributed by atoms with E-state index in [4.69, 9.17) is 6.57 Å². The van der Waals surface area contributed by atoms with Crippen LogP contribution in [0.4, 0.5) is 5.69 Å². The van der Waals surface area contributed by atoms with Gasteiger partial charge in [0.1, 0.15) is 0 Å². The number of fused-ring (bicyclic) bond motifs is 3. The standard InChI is InChI=1S/C45H26N4/c1-48-42-22-30(28-46)21-39(29-47)45(42)49-43-18-9-8-17-40(43)41-27-35(19-20-44(41)49)33-15-10-16-34(23-33)38-25-36(31-11-4-2-5-12-31)24-37(26-38)32-13-6-3-7-14-32/h2-27H. The van der Waals surface area contributed by atoms with E-state index >= 15 is 0 Å². The third-order valence-electron chi connectivity index (χ3n) is 9.03. The highest BCUT2D eigenvalue weighted by molar-refractivity contribution is 6.11. The zero-order valence-corrected chi connectivity index (χ0v) is 26.3. The Balaban J connectivity index is 1.29. The molecule has 0 aliphatic carbocycles. The topological polar surface area (TPSA) is 56.9 Å². The van der Waals surface area contributed by atoms with E-state index in [0.29, 0.717) is 11.3 Å². The third-order valence-corrected chi connectivity index (χ3v) is 9.03. The molecular formula is C45H26N4. The van der Waals surface area contributed by atoms with Gasteiger partial charge in [0.15, 0.2) is 0 Å². The van der Waals surface area contributed by atoms with Crippen molar-refractivity contribution in [3.63, 3.8) is 0 Å². The molecule has 0 bridgehead atoms. The Morgan fingerprint density at radius 1 is 0.449 bits per heavy atom. The highest BCUT2D eigenvalue weighted by Gasteiger charge is 2.20. The van der Waals surface area contributed by atoms with Gasteiger partial charge in [0.05, 0.1) is 41.0 Å². The molecule has 1 heterocycles. The van der Waals surface area contributed by atoms with Gasteiger partial charge in [0, 0.05) is 16.3 Å². The predicted molar refractivity (Wildman–Crippen MR) is 198 cm³/mol. The summed E-state index contributed by atoms with van der Waals surface area (Å²) in [7, 11) is 0. The molecule has 0 saturated carbocycles. The van der Waals surface area contributed by atoms with E-state index in [1.54, 1.807) is 12.1 Å². The first-order chi connectivity index (χ1) is 24.1. The Hall–Kier alpha value is -7.19. The maximum atomic E-state index is 10.1. The summed E-state index contributed by atoms with van der Waals surface area (Å²) in [5, 5.41) is 21.7. The van der Waals surface area contributed by atoms with E-state index in [0.717, 1.165) is 55.2 Å². The maximum Gasteiger partial charge on any atom is 0.213 e. The second-order valence-corrected chi connectivity index (χ2v) is 11.9. The number of benzene rings is 7. The fourth-order valence-corrected chi connectivity index (χ4v) is 6.75. The molecule has 0 amide bonds. The Kier molecular flexibility index (Phi) is 7.28. The molecular weight excluding hydrogens is 597 g/mol. The molecule has 7 aromatic carbocycles. The number of para-hydroxylation sites is 1. The Labute approximate surface area is 284 Å². The van der Waals surface area contributed by atoms with E-state index in [1.165, 1.54) is 11.1 Å². The van der Waals surface area contributed by atoms with Crippen LogP contribution in [-0.2, 0) is 0 Å². The van der Waals surface area contributed by atoms with Crippen LogP contribution in [0.25, 0.3) is 76.8 Å². The fraction of sp³-hybridized carbons (Fsp3) is 0. The molecule has 4 nitrogen and oxygen atoms in total. The normalized spacial score (nSPS) is 10.8. The van der Waals surface area contributed by atoms with E-state index in [2.05, 4.69) is 132 Å². The van der Waals surface area contributed by atoms with Gasteiger partial charge in [-0.25, -0.2) is 4.85 Å². The summed E-state index contributed by atoms with van der Waals surface area (Å²) in [4.78, 5) is 3.74. The van der Waals surface area contributed by atoms with Crippen molar-refractivity contribution in [3.8, 4) is 62.3 Å². The molecule has 226 valence electrons. The number of hydrogen-bond acceptors (Lipinski definition) is 2. The lowest BCUT2D eigenvalue weighted by atomic mass is 9.92. The van der Waals surface area contributed by atoms with Crippen LogP contribution in [0.1, 0.15) is 11.1 Å². The number of nitrogens with zero attached hydrogens (tertiary/aromatic N) is 4. The van der Waals surface area contributed by atoms with Crippen molar-refractivity contribution in [1.29, 1.82) is 10.5 Å². The first kappa shape index (κ1) is 29.2. The van der Waals surface area contributed by atoms with Crippen LogP contribution in [-0.4, -0.2) is 4.57 Å². The van der Waals surface area contributed by atoms with E-state index in [1.807, 2.05) is 34.9 Å². The van der Waals surface area contributed by atoms with Crippen molar-refractivity contribution in [2.75, 3.05) is 0 Å². The molecule has 8 rings (SSSR count). The minimum absolute atomic E-state index is 0.266. The highest BCUT2D eigenvalue weighted by atomic mass is 15.0. The molecule has 0 aliphatic heterocycles. The summed E-state index contributed by atoms with van der Waals surface area (Å²) in [6, 6.07) is 58.2. The van der Waals surface area contributed by atoms with Crippen molar-refractivity contribution in [3.05, 3.63) is 180 Å². The van der Waals surface area contributed by atoms with Crippen molar-refractivity contribution in [2.45, 2.75) is 0 Å². The number of aromatic nitrogens is 1.